The SMILES string of the molecule is NC(=O)c1ccccc1CCCl. The molecular formula is C9H10ClNO. The number of aryl methyl sites for hydroxylation is 1. The van der Waals surface area contributed by atoms with Crippen LogP contribution in [0.1, 0.15) is 15.9 Å². The Bertz CT molecular complexity index is 286. The average Bonchev–Trinajstić information content (AvgIpc) is 2.05. The van der Waals surface area contributed by atoms with Gasteiger partial charge in [-0.2, -0.15) is 0 Å². The summed E-state index contributed by atoms with van der Waals surface area (Å²) < 4.78 is 0. The number of carbonyl (C=O) groups excluding carboxylic acids is 1. The molecule has 2 nitrogen and oxygen atoms in total. The predicted molar refractivity (Wildman–Crippen MR) is 49.4 cm³/mol. The van der Waals surface area contributed by atoms with Gasteiger partial charge in [0.25, 0.3) is 0 Å². The smallest absolute Gasteiger partial charge is 0.248 e. The second-order valence-corrected chi connectivity index (χ2v) is 2.84. The molecule has 1 aromatic carbocycles. The largest absolute Gasteiger partial charge is 0.366 e. The molecule has 0 aliphatic rings. The first-order chi connectivity index (χ1) is 5.75. The first-order valence-electron chi connectivity index (χ1n) is 3.69. The number of alkyl halides is 1. The number of hydrogen-bond acceptors (Lipinski definition) is 1. The second-order valence-electron chi connectivity index (χ2n) is 2.46. The lowest BCUT2D eigenvalue weighted by Crippen LogP contribution is -2.13. The van der Waals surface area contributed by atoms with E-state index in [1.165, 1.54) is 0 Å². The van der Waals surface area contributed by atoms with E-state index in [2.05, 4.69) is 0 Å². The maximum Gasteiger partial charge on any atom is 0.248 e. The lowest BCUT2D eigenvalue weighted by molar-refractivity contribution is 0.0999. The molecule has 0 fully saturated rings. The van der Waals surface area contributed by atoms with E-state index in [0.717, 1.165) is 5.56 Å². The average molecular weight is 184 g/mol. The van der Waals surface area contributed by atoms with E-state index in [1.54, 1.807) is 12.1 Å². The van der Waals surface area contributed by atoms with Crippen molar-refractivity contribution in [3.8, 4) is 0 Å². The molecule has 1 rings (SSSR count). The Kier molecular flexibility index (Phi) is 3.11. The molecule has 0 saturated heterocycles. The van der Waals surface area contributed by atoms with Crippen molar-refractivity contribution in [1.82, 2.24) is 0 Å². The van der Waals surface area contributed by atoms with Gasteiger partial charge in [0.05, 0.1) is 0 Å². The van der Waals surface area contributed by atoms with Crippen LogP contribution in [0.4, 0.5) is 0 Å². The minimum Gasteiger partial charge on any atom is -0.366 e. The van der Waals surface area contributed by atoms with E-state index in [1.807, 2.05) is 12.1 Å². The van der Waals surface area contributed by atoms with Crippen LogP contribution in [-0.4, -0.2) is 11.8 Å². The highest BCUT2D eigenvalue weighted by Crippen LogP contribution is 2.08. The highest BCUT2D eigenvalue weighted by molar-refractivity contribution is 6.18. The standard InChI is InChI=1S/C9H10ClNO/c10-6-5-7-3-1-2-4-8(7)9(11)12/h1-4H,5-6H2,(H2,11,12). The Morgan fingerprint density at radius 3 is 2.67 bits per heavy atom. The first kappa shape index (κ1) is 9.07. The van der Waals surface area contributed by atoms with E-state index in [4.69, 9.17) is 17.3 Å². The lowest BCUT2D eigenvalue weighted by Gasteiger charge is -2.02. The van der Waals surface area contributed by atoms with Gasteiger partial charge in [-0.1, -0.05) is 18.2 Å². The molecule has 0 saturated carbocycles. The number of rotatable bonds is 3. The normalized spacial score (nSPS) is 9.75. The van der Waals surface area contributed by atoms with Gasteiger partial charge in [-0.05, 0) is 18.1 Å². The number of nitrogens with two attached hydrogens (primary N) is 1. The second kappa shape index (κ2) is 4.12. The molecule has 0 bridgehead atoms. The molecule has 0 heterocycles. The molecule has 0 radical (unpaired) electrons. The summed E-state index contributed by atoms with van der Waals surface area (Å²) in [7, 11) is 0. The zero-order valence-corrected chi connectivity index (χ0v) is 7.34. The third-order valence-electron chi connectivity index (χ3n) is 1.65. The van der Waals surface area contributed by atoms with Crippen molar-refractivity contribution >= 4 is 17.5 Å². The fourth-order valence-corrected chi connectivity index (χ4v) is 1.28. The third kappa shape index (κ3) is 1.98. The third-order valence-corrected chi connectivity index (χ3v) is 1.84. The van der Waals surface area contributed by atoms with Crippen molar-refractivity contribution in [2.24, 2.45) is 5.73 Å². The Morgan fingerprint density at radius 2 is 2.08 bits per heavy atom. The summed E-state index contributed by atoms with van der Waals surface area (Å²) in [6.45, 7) is 0. The summed E-state index contributed by atoms with van der Waals surface area (Å²) in [4.78, 5) is 10.9. The molecule has 0 aliphatic heterocycles. The van der Waals surface area contributed by atoms with Gasteiger partial charge in [0, 0.05) is 11.4 Å². The predicted octanol–water partition coefficient (Wildman–Crippen LogP) is 1.57. The molecule has 1 aromatic rings. The summed E-state index contributed by atoms with van der Waals surface area (Å²) in [6, 6.07) is 7.23. The molecule has 0 aromatic heterocycles. The van der Waals surface area contributed by atoms with Crippen LogP contribution in [0.15, 0.2) is 24.3 Å². The van der Waals surface area contributed by atoms with Crippen LogP contribution in [0.3, 0.4) is 0 Å². The van der Waals surface area contributed by atoms with Crippen LogP contribution in [-0.2, 0) is 6.42 Å². The zero-order chi connectivity index (χ0) is 8.97. The Balaban J connectivity index is 3.00. The lowest BCUT2D eigenvalue weighted by atomic mass is 10.1. The molecule has 64 valence electrons. The van der Waals surface area contributed by atoms with Crippen molar-refractivity contribution in [1.29, 1.82) is 0 Å². The molecule has 0 spiro atoms. The van der Waals surface area contributed by atoms with Gasteiger partial charge in [-0.25, -0.2) is 0 Å². The van der Waals surface area contributed by atoms with Gasteiger partial charge in [-0.3, -0.25) is 4.79 Å². The minimum absolute atomic E-state index is 0.393. The van der Waals surface area contributed by atoms with Gasteiger partial charge < -0.3 is 5.73 Å². The van der Waals surface area contributed by atoms with E-state index in [9.17, 15) is 4.79 Å². The summed E-state index contributed by atoms with van der Waals surface area (Å²) in [5.74, 6) is 0.111. The van der Waals surface area contributed by atoms with Gasteiger partial charge in [0.1, 0.15) is 0 Å². The molecule has 0 unspecified atom stereocenters. The number of hydrogen-bond donors (Lipinski definition) is 1. The number of carbonyl (C=O) groups is 1. The number of amides is 1. The highest BCUT2D eigenvalue weighted by Gasteiger charge is 2.05. The van der Waals surface area contributed by atoms with Crippen LogP contribution in [0.2, 0.25) is 0 Å². The fraction of sp³-hybridized carbons (Fsp3) is 0.222. The zero-order valence-electron chi connectivity index (χ0n) is 6.59. The van der Waals surface area contributed by atoms with E-state index >= 15 is 0 Å². The van der Waals surface area contributed by atoms with Crippen LogP contribution in [0.25, 0.3) is 0 Å². The summed E-state index contributed by atoms with van der Waals surface area (Å²) in [5, 5.41) is 0. The number of halogens is 1. The Morgan fingerprint density at radius 1 is 1.42 bits per heavy atom. The van der Waals surface area contributed by atoms with Crippen molar-refractivity contribution in [3.05, 3.63) is 35.4 Å². The summed E-state index contributed by atoms with van der Waals surface area (Å²) >= 11 is 5.56. The van der Waals surface area contributed by atoms with Crippen LogP contribution >= 0.6 is 11.6 Å². The molecule has 1 amide bonds. The van der Waals surface area contributed by atoms with Crippen molar-refractivity contribution < 1.29 is 4.79 Å². The number of primary amides is 1. The maximum atomic E-state index is 10.9. The van der Waals surface area contributed by atoms with E-state index in [-0.39, 0.29) is 0 Å². The van der Waals surface area contributed by atoms with Crippen molar-refractivity contribution in [2.45, 2.75) is 6.42 Å². The maximum absolute atomic E-state index is 10.9. The fourth-order valence-electron chi connectivity index (χ4n) is 1.08. The summed E-state index contributed by atoms with van der Waals surface area (Å²) in [5.41, 5.74) is 6.65. The van der Waals surface area contributed by atoms with Gasteiger partial charge in [0.15, 0.2) is 0 Å². The Labute approximate surface area is 76.3 Å². The van der Waals surface area contributed by atoms with E-state index in [0.29, 0.717) is 17.9 Å². The van der Waals surface area contributed by atoms with Gasteiger partial charge in [-0.15, -0.1) is 11.6 Å². The molecule has 3 heteroatoms. The monoisotopic (exact) mass is 183 g/mol. The first-order valence-corrected chi connectivity index (χ1v) is 4.23. The molecule has 0 aliphatic carbocycles. The topological polar surface area (TPSA) is 43.1 Å². The quantitative estimate of drug-likeness (QED) is 0.711. The minimum atomic E-state index is -0.393. The Hall–Kier alpha value is -1.02. The van der Waals surface area contributed by atoms with Gasteiger partial charge in [0.2, 0.25) is 5.91 Å². The molecule has 12 heavy (non-hydrogen) atoms. The molecule has 2 N–H and O–H groups in total. The van der Waals surface area contributed by atoms with Crippen molar-refractivity contribution in [3.63, 3.8) is 0 Å². The molecular weight excluding hydrogens is 174 g/mol. The van der Waals surface area contributed by atoms with Gasteiger partial charge >= 0.3 is 0 Å². The van der Waals surface area contributed by atoms with E-state index < -0.39 is 5.91 Å². The van der Waals surface area contributed by atoms with Crippen molar-refractivity contribution in [2.75, 3.05) is 5.88 Å². The number of benzene rings is 1. The highest BCUT2D eigenvalue weighted by atomic mass is 35.5. The van der Waals surface area contributed by atoms with Crippen LogP contribution in [0, 0.1) is 0 Å². The molecule has 0 atom stereocenters. The van der Waals surface area contributed by atoms with Crippen LogP contribution in [0.5, 0.6) is 0 Å². The van der Waals surface area contributed by atoms with Crippen LogP contribution < -0.4 is 5.73 Å². The summed E-state index contributed by atoms with van der Waals surface area (Å²) in [6.07, 6.45) is 0.681.